The first-order valence-corrected chi connectivity index (χ1v) is 9.41. The third-order valence-electron chi connectivity index (χ3n) is 4.75. The lowest BCUT2D eigenvalue weighted by Crippen LogP contribution is -2.49. The van der Waals surface area contributed by atoms with Crippen LogP contribution < -0.4 is 10.1 Å². The molecule has 1 aliphatic heterocycles. The first-order valence-electron chi connectivity index (χ1n) is 9.41. The molecule has 0 unspecified atom stereocenters. The van der Waals surface area contributed by atoms with Gasteiger partial charge in [0, 0.05) is 13.1 Å². The van der Waals surface area contributed by atoms with E-state index in [2.05, 4.69) is 10.2 Å². The Balaban J connectivity index is 1.74. The minimum Gasteiger partial charge on any atom is -0.497 e. The topological polar surface area (TPSA) is 50.8 Å². The highest BCUT2D eigenvalue weighted by Gasteiger charge is 2.25. The largest absolute Gasteiger partial charge is 0.497 e. The monoisotopic (exact) mass is 368 g/mol. The van der Waals surface area contributed by atoms with E-state index in [0.717, 1.165) is 30.0 Å². The number of nitrogens with one attached hydrogen (secondary N) is 1. The summed E-state index contributed by atoms with van der Waals surface area (Å²) in [5.74, 6) is 0.814. The van der Waals surface area contributed by atoms with Crippen molar-refractivity contribution in [1.82, 2.24) is 10.2 Å². The third kappa shape index (κ3) is 5.31. The maximum absolute atomic E-state index is 12.8. The van der Waals surface area contributed by atoms with E-state index in [9.17, 15) is 4.79 Å². The van der Waals surface area contributed by atoms with Crippen LogP contribution >= 0.6 is 0 Å². The normalized spacial score (nSPS) is 21.4. The van der Waals surface area contributed by atoms with Crippen molar-refractivity contribution in [3.8, 4) is 5.75 Å². The van der Waals surface area contributed by atoms with Gasteiger partial charge in [-0.15, -0.1) is 0 Å². The van der Waals surface area contributed by atoms with Crippen LogP contribution in [-0.4, -0.2) is 49.8 Å². The van der Waals surface area contributed by atoms with Gasteiger partial charge in [-0.2, -0.15) is 0 Å². The first kappa shape index (κ1) is 19.4. The van der Waals surface area contributed by atoms with Crippen LogP contribution in [0.1, 0.15) is 31.0 Å². The lowest BCUT2D eigenvalue weighted by molar-refractivity contribution is -0.126. The Morgan fingerprint density at radius 1 is 1.07 bits per heavy atom. The summed E-state index contributed by atoms with van der Waals surface area (Å²) in [6, 6.07) is 17.7. The molecular formula is C22H28N2O3. The number of rotatable bonds is 6. The molecule has 2 aromatic rings. The summed E-state index contributed by atoms with van der Waals surface area (Å²) < 4.78 is 11.0. The lowest BCUT2D eigenvalue weighted by Gasteiger charge is -2.35. The highest BCUT2D eigenvalue weighted by atomic mass is 16.5. The number of ether oxygens (including phenoxy) is 2. The standard InChI is InChI=1S/C22H28N2O3/c1-16-13-24(14-17(2)27-16)15-21(25)23-22(18-7-5-4-6-8-18)19-9-11-20(26-3)12-10-19/h4-12,16-17,22H,13-15H2,1-3H3,(H,23,25)/t16-,17-,22-/m0/s1. The summed E-state index contributed by atoms with van der Waals surface area (Å²) in [6.45, 7) is 6.01. The fraction of sp³-hybridized carbons (Fsp3) is 0.409. The van der Waals surface area contributed by atoms with Gasteiger partial charge in [-0.3, -0.25) is 9.69 Å². The molecule has 144 valence electrons. The highest BCUT2D eigenvalue weighted by molar-refractivity contribution is 5.79. The maximum Gasteiger partial charge on any atom is 0.234 e. The summed E-state index contributed by atoms with van der Waals surface area (Å²) in [5, 5.41) is 3.20. The first-order chi connectivity index (χ1) is 13.0. The van der Waals surface area contributed by atoms with E-state index < -0.39 is 0 Å². The molecule has 5 heteroatoms. The zero-order chi connectivity index (χ0) is 19.2. The quantitative estimate of drug-likeness (QED) is 0.852. The van der Waals surface area contributed by atoms with Crippen LogP contribution in [0.25, 0.3) is 0 Å². The molecule has 1 fully saturated rings. The molecule has 1 saturated heterocycles. The fourth-order valence-electron chi connectivity index (χ4n) is 3.62. The maximum atomic E-state index is 12.8. The Bertz CT molecular complexity index is 723. The second-order valence-electron chi connectivity index (χ2n) is 7.14. The van der Waals surface area contributed by atoms with Crippen molar-refractivity contribution in [2.75, 3.05) is 26.7 Å². The van der Waals surface area contributed by atoms with Crippen molar-refractivity contribution >= 4 is 5.91 Å². The van der Waals surface area contributed by atoms with Crippen LogP contribution in [0.4, 0.5) is 0 Å². The van der Waals surface area contributed by atoms with Crippen LogP contribution in [0.5, 0.6) is 5.75 Å². The average molecular weight is 368 g/mol. The molecule has 0 aliphatic carbocycles. The average Bonchev–Trinajstić information content (AvgIpc) is 2.66. The second-order valence-corrected chi connectivity index (χ2v) is 7.14. The molecule has 1 N–H and O–H groups in total. The van der Waals surface area contributed by atoms with Gasteiger partial charge in [-0.05, 0) is 37.1 Å². The molecule has 5 nitrogen and oxygen atoms in total. The number of carbonyl (C=O) groups excluding carboxylic acids is 1. The fourth-order valence-corrected chi connectivity index (χ4v) is 3.62. The number of hydrogen-bond acceptors (Lipinski definition) is 4. The number of methoxy groups -OCH3 is 1. The van der Waals surface area contributed by atoms with E-state index in [1.165, 1.54) is 0 Å². The number of carbonyl (C=O) groups is 1. The molecule has 1 aliphatic rings. The summed E-state index contributed by atoms with van der Waals surface area (Å²) in [4.78, 5) is 14.9. The molecule has 2 aromatic carbocycles. The molecule has 0 spiro atoms. The van der Waals surface area contributed by atoms with Gasteiger partial charge < -0.3 is 14.8 Å². The molecule has 3 rings (SSSR count). The molecule has 27 heavy (non-hydrogen) atoms. The SMILES string of the molecule is COc1ccc([C@@H](NC(=O)CN2C[C@H](C)O[C@@H](C)C2)c2ccccc2)cc1. The Labute approximate surface area is 161 Å². The molecule has 0 bridgehead atoms. The van der Waals surface area contributed by atoms with Gasteiger partial charge >= 0.3 is 0 Å². The van der Waals surface area contributed by atoms with E-state index in [-0.39, 0.29) is 24.2 Å². The minimum atomic E-state index is -0.194. The Hall–Kier alpha value is -2.37. The molecule has 3 atom stereocenters. The molecule has 1 heterocycles. The molecular weight excluding hydrogens is 340 g/mol. The Morgan fingerprint density at radius 2 is 1.67 bits per heavy atom. The number of morpholine rings is 1. The molecule has 0 aromatic heterocycles. The van der Waals surface area contributed by atoms with Crippen molar-refractivity contribution in [2.24, 2.45) is 0 Å². The van der Waals surface area contributed by atoms with Gasteiger partial charge in [0.2, 0.25) is 5.91 Å². The molecule has 0 radical (unpaired) electrons. The van der Waals surface area contributed by atoms with Crippen LogP contribution in [0.3, 0.4) is 0 Å². The van der Waals surface area contributed by atoms with Gasteiger partial charge in [0.1, 0.15) is 5.75 Å². The van der Waals surface area contributed by atoms with E-state index in [4.69, 9.17) is 9.47 Å². The zero-order valence-corrected chi connectivity index (χ0v) is 16.2. The van der Waals surface area contributed by atoms with E-state index in [1.54, 1.807) is 7.11 Å². The van der Waals surface area contributed by atoms with Crippen LogP contribution in [0.15, 0.2) is 54.6 Å². The van der Waals surface area contributed by atoms with Crippen LogP contribution in [-0.2, 0) is 9.53 Å². The second kappa shape index (κ2) is 9.02. The summed E-state index contributed by atoms with van der Waals surface area (Å²) in [5.41, 5.74) is 2.08. The van der Waals surface area contributed by atoms with E-state index in [1.807, 2.05) is 68.4 Å². The van der Waals surface area contributed by atoms with Crippen molar-refractivity contribution in [2.45, 2.75) is 32.1 Å². The zero-order valence-electron chi connectivity index (χ0n) is 16.2. The Morgan fingerprint density at radius 3 is 2.26 bits per heavy atom. The van der Waals surface area contributed by atoms with Crippen LogP contribution in [0, 0.1) is 0 Å². The van der Waals surface area contributed by atoms with Gasteiger partial charge in [-0.1, -0.05) is 42.5 Å². The summed E-state index contributed by atoms with van der Waals surface area (Å²) in [6.07, 6.45) is 0.293. The van der Waals surface area contributed by atoms with Crippen molar-refractivity contribution in [3.05, 3.63) is 65.7 Å². The summed E-state index contributed by atoms with van der Waals surface area (Å²) >= 11 is 0. The molecule has 1 amide bonds. The predicted octanol–water partition coefficient (Wildman–Crippen LogP) is 3.01. The van der Waals surface area contributed by atoms with Gasteiger partial charge in [-0.25, -0.2) is 0 Å². The van der Waals surface area contributed by atoms with Gasteiger partial charge in [0.25, 0.3) is 0 Å². The number of amides is 1. The number of benzene rings is 2. The smallest absolute Gasteiger partial charge is 0.234 e. The number of hydrogen-bond donors (Lipinski definition) is 1. The number of nitrogens with zero attached hydrogens (tertiary/aromatic N) is 1. The molecule has 0 saturated carbocycles. The van der Waals surface area contributed by atoms with E-state index >= 15 is 0 Å². The third-order valence-corrected chi connectivity index (χ3v) is 4.75. The lowest BCUT2D eigenvalue weighted by atomic mass is 9.98. The van der Waals surface area contributed by atoms with E-state index in [0.29, 0.717) is 6.54 Å². The minimum absolute atomic E-state index is 0.0148. The summed E-state index contributed by atoms with van der Waals surface area (Å²) in [7, 11) is 1.65. The van der Waals surface area contributed by atoms with Gasteiger partial charge in [0.15, 0.2) is 0 Å². The van der Waals surface area contributed by atoms with Gasteiger partial charge in [0.05, 0.1) is 31.9 Å². The van der Waals surface area contributed by atoms with Crippen molar-refractivity contribution < 1.29 is 14.3 Å². The van der Waals surface area contributed by atoms with Crippen LogP contribution in [0.2, 0.25) is 0 Å². The van der Waals surface area contributed by atoms with Crippen molar-refractivity contribution in [3.63, 3.8) is 0 Å². The highest BCUT2D eigenvalue weighted by Crippen LogP contribution is 2.24. The Kier molecular flexibility index (Phi) is 6.48. The predicted molar refractivity (Wildman–Crippen MR) is 106 cm³/mol. The van der Waals surface area contributed by atoms with Crippen molar-refractivity contribution in [1.29, 1.82) is 0 Å².